The van der Waals surface area contributed by atoms with Crippen LogP contribution in [0.5, 0.6) is 0 Å². The maximum absolute atomic E-state index is 13.1. The van der Waals surface area contributed by atoms with E-state index in [9.17, 15) is 14.0 Å². The molecule has 0 aliphatic carbocycles. The first-order valence-electron chi connectivity index (χ1n) is 7.07. The van der Waals surface area contributed by atoms with Crippen molar-refractivity contribution in [1.29, 1.82) is 0 Å². The second-order valence-electron chi connectivity index (χ2n) is 5.27. The molecule has 0 spiro atoms. The predicted octanol–water partition coefficient (Wildman–Crippen LogP) is 2.89. The standard InChI is InChI=1S/C17H15FN2O2/c18-13-3-1-2-11(8-13)4-7-16(21)19-14-5-6-15-12(9-14)10-17(22)20-15/h1-3,5-6,8-9H,4,7,10H2,(H,19,21)(H,20,22). The van der Waals surface area contributed by atoms with Crippen molar-refractivity contribution >= 4 is 23.2 Å². The molecular formula is C17H15FN2O2. The third-order valence-corrected chi connectivity index (χ3v) is 3.54. The van der Waals surface area contributed by atoms with Crippen molar-refractivity contribution in [1.82, 2.24) is 0 Å². The summed E-state index contributed by atoms with van der Waals surface area (Å²) in [7, 11) is 0. The summed E-state index contributed by atoms with van der Waals surface area (Å²) in [5.41, 5.74) is 3.13. The van der Waals surface area contributed by atoms with Crippen LogP contribution in [0.2, 0.25) is 0 Å². The van der Waals surface area contributed by atoms with Crippen molar-refractivity contribution in [2.24, 2.45) is 0 Å². The van der Waals surface area contributed by atoms with E-state index >= 15 is 0 Å². The number of carbonyl (C=O) groups is 2. The van der Waals surface area contributed by atoms with E-state index in [1.54, 1.807) is 30.3 Å². The molecule has 0 bridgehead atoms. The number of rotatable bonds is 4. The summed E-state index contributed by atoms with van der Waals surface area (Å²) in [5, 5.41) is 5.54. The molecule has 2 aromatic rings. The second kappa shape index (κ2) is 5.97. The van der Waals surface area contributed by atoms with Gasteiger partial charge in [-0.15, -0.1) is 0 Å². The van der Waals surface area contributed by atoms with Crippen molar-refractivity contribution in [2.45, 2.75) is 19.3 Å². The Labute approximate surface area is 127 Å². The molecular weight excluding hydrogens is 283 g/mol. The Morgan fingerprint density at radius 2 is 2.09 bits per heavy atom. The van der Waals surface area contributed by atoms with Gasteiger partial charge in [-0.3, -0.25) is 9.59 Å². The van der Waals surface area contributed by atoms with E-state index in [4.69, 9.17) is 0 Å². The molecule has 1 aliphatic rings. The summed E-state index contributed by atoms with van der Waals surface area (Å²) < 4.78 is 13.1. The molecule has 4 nitrogen and oxygen atoms in total. The van der Waals surface area contributed by atoms with E-state index < -0.39 is 0 Å². The van der Waals surface area contributed by atoms with Crippen LogP contribution < -0.4 is 10.6 Å². The molecule has 5 heteroatoms. The van der Waals surface area contributed by atoms with Crippen molar-refractivity contribution < 1.29 is 14.0 Å². The van der Waals surface area contributed by atoms with Crippen LogP contribution in [0.4, 0.5) is 15.8 Å². The lowest BCUT2D eigenvalue weighted by Gasteiger charge is -2.07. The van der Waals surface area contributed by atoms with Crippen LogP contribution in [0.1, 0.15) is 17.5 Å². The fraction of sp³-hybridized carbons (Fsp3) is 0.176. The first kappa shape index (κ1) is 14.3. The number of fused-ring (bicyclic) bond motifs is 1. The SMILES string of the molecule is O=C(CCc1cccc(F)c1)Nc1ccc2c(c1)CC(=O)N2. The van der Waals surface area contributed by atoms with Gasteiger partial charge < -0.3 is 10.6 Å². The Morgan fingerprint density at radius 3 is 2.91 bits per heavy atom. The zero-order valence-electron chi connectivity index (χ0n) is 11.9. The van der Waals surface area contributed by atoms with Gasteiger partial charge in [0.25, 0.3) is 0 Å². The Morgan fingerprint density at radius 1 is 1.23 bits per heavy atom. The number of nitrogens with one attached hydrogen (secondary N) is 2. The van der Waals surface area contributed by atoms with Crippen LogP contribution in [-0.2, 0) is 22.4 Å². The summed E-state index contributed by atoms with van der Waals surface area (Å²) in [6.45, 7) is 0. The number of anilines is 2. The molecule has 0 atom stereocenters. The fourth-order valence-electron chi connectivity index (χ4n) is 2.48. The highest BCUT2D eigenvalue weighted by Gasteiger charge is 2.17. The number of carbonyl (C=O) groups excluding carboxylic acids is 2. The summed E-state index contributed by atoms with van der Waals surface area (Å²) in [5.74, 6) is -0.472. The van der Waals surface area contributed by atoms with E-state index in [0.717, 1.165) is 16.8 Å². The number of aryl methyl sites for hydroxylation is 1. The van der Waals surface area contributed by atoms with E-state index in [1.807, 2.05) is 0 Å². The normalized spacial score (nSPS) is 12.7. The smallest absolute Gasteiger partial charge is 0.228 e. The number of hydrogen-bond acceptors (Lipinski definition) is 2. The first-order valence-corrected chi connectivity index (χ1v) is 7.07. The molecule has 0 fully saturated rings. The van der Waals surface area contributed by atoms with Crippen molar-refractivity contribution in [3.63, 3.8) is 0 Å². The topological polar surface area (TPSA) is 58.2 Å². The van der Waals surface area contributed by atoms with Gasteiger partial charge in [0.2, 0.25) is 11.8 Å². The van der Waals surface area contributed by atoms with Crippen LogP contribution in [0.15, 0.2) is 42.5 Å². The molecule has 2 amide bonds. The lowest BCUT2D eigenvalue weighted by Crippen LogP contribution is -2.12. The average Bonchev–Trinajstić information content (AvgIpc) is 2.84. The first-order chi connectivity index (χ1) is 10.6. The van der Waals surface area contributed by atoms with Gasteiger partial charge in [0, 0.05) is 17.8 Å². The van der Waals surface area contributed by atoms with Crippen molar-refractivity contribution in [3.8, 4) is 0 Å². The minimum Gasteiger partial charge on any atom is -0.326 e. The van der Waals surface area contributed by atoms with E-state index in [-0.39, 0.29) is 24.1 Å². The summed E-state index contributed by atoms with van der Waals surface area (Å²) in [6.07, 6.45) is 1.09. The minimum absolute atomic E-state index is 0.0374. The third-order valence-electron chi connectivity index (χ3n) is 3.54. The quantitative estimate of drug-likeness (QED) is 0.912. The highest BCUT2D eigenvalue weighted by molar-refractivity contribution is 6.00. The Bertz CT molecular complexity index is 743. The van der Waals surface area contributed by atoms with Gasteiger partial charge in [-0.1, -0.05) is 12.1 Å². The summed E-state index contributed by atoms with van der Waals surface area (Å²) in [6, 6.07) is 11.6. The fourth-order valence-corrected chi connectivity index (χ4v) is 2.48. The van der Waals surface area contributed by atoms with Gasteiger partial charge in [-0.05, 0) is 47.9 Å². The zero-order chi connectivity index (χ0) is 15.5. The number of benzene rings is 2. The molecule has 1 aliphatic heterocycles. The second-order valence-corrected chi connectivity index (χ2v) is 5.27. The largest absolute Gasteiger partial charge is 0.326 e. The van der Waals surface area contributed by atoms with Gasteiger partial charge in [0.15, 0.2) is 0 Å². The van der Waals surface area contributed by atoms with Crippen LogP contribution >= 0.6 is 0 Å². The number of amides is 2. The van der Waals surface area contributed by atoms with Gasteiger partial charge in [-0.25, -0.2) is 4.39 Å². The summed E-state index contributed by atoms with van der Waals surface area (Å²) in [4.78, 5) is 23.2. The maximum atomic E-state index is 13.1. The lowest BCUT2D eigenvalue weighted by atomic mass is 10.1. The van der Waals surface area contributed by atoms with Gasteiger partial charge in [0.1, 0.15) is 5.82 Å². The molecule has 0 saturated heterocycles. The highest BCUT2D eigenvalue weighted by atomic mass is 19.1. The van der Waals surface area contributed by atoms with Crippen LogP contribution in [0, 0.1) is 5.82 Å². The highest BCUT2D eigenvalue weighted by Crippen LogP contribution is 2.26. The van der Waals surface area contributed by atoms with Crippen LogP contribution in [0.3, 0.4) is 0 Å². The molecule has 2 aromatic carbocycles. The van der Waals surface area contributed by atoms with Crippen LogP contribution in [0.25, 0.3) is 0 Å². The van der Waals surface area contributed by atoms with Crippen LogP contribution in [-0.4, -0.2) is 11.8 Å². The average molecular weight is 298 g/mol. The van der Waals surface area contributed by atoms with E-state index in [2.05, 4.69) is 10.6 Å². The molecule has 0 aromatic heterocycles. The van der Waals surface area contributed by atoms with Crippen molar-refractivity contribution in [2.75, 3.05) is 10.6 Å². The predicted molar refractivity (Wildman–Crippen MR) is 82.1 cm³/mol. The molecule has 0 unspecified atom stereocenters. The summed E-state index contributed by atoms with van der Waals surface area (Å²) >= 11 is 0. The Hall–Kier alpha value is -2.69. The molecule has 22 heavy (non-hydrogen) atoms. The molecule has 0 saturated carbocycles. The molecule has 1 heterocycles. The molecule has 112 valence electrons. The molecule has 0 radical (unpaired) electrons. The van der Waals surface area contributed by atoms with E-state index in [1.165, 1.54) is 12.1 Å². The van der Waals surface area contributed by atoms with Crippen molar-refractivity contribution in [3.05, 3.63) is 59.4 Å². The number of hydrogen-bond donors (Lipinski definition) is 2. The Balaban J connectivity index is 1.58. The van der Waals surface area contributed by atoms with Gasteiger partial charge in [0.05, 0.1) is 6.42 Å². The molecule has 2 N–H and O–H groups in total. The molecule has 3 rings (SSSR count). The van der Waals surface area contributed by atoms with Gasteiger partial charge >= 0.3 is 0 Å². The zero-order valence-corrected chi connectivity index (χ0v) is 11.9. The number of halogens is 1. The third kappa shape index (κ3) is 3.31. The lowest BCUT2D eigenvalue weighted by molar-refractivity contribution is -0.116. The Kier molecular flexibility index (Phi) is 3.87. The monoisotopic (exact) mass is 298 g/mol. The maximum Gasteiger partial charge on any atom is 0.228 e. The van der Waals surface area contributed by atoms with E-state index in [0.29, 0.717) is 18.5 Å². The minimum atomic E-state index is -0.298. The van der Waals surface area contributed by atoms with Gasteiger partial charge in [-0.2, -0.15) is 0 Å².